The number of rotatable bonds is 5. The second kappa shape index (κ2) is 6.74. The topological polar surface area (TPSA) is 65.2 Å². The SMILES string of the molecule is O=C(OCc1noc(-c2ccccc2Cl)n1)C1(c2ccc(Cl)cc2)CC1. The first-order valence-corrected chi connectivity index (χ1v) is 8.85. The molecule has 1 aliphatic carbocycles. The summed E-state index contributed by atoms with van der Waals surface area (Å²) < 4.78 is 10.6. The minimum atomic E-state index is -0.583. The molecule has 0 bridgehead atoms. The standard InChI is InChI=1S/C19H14Cl2N2O3/c20-13-7-5-12(6-8-13)19(9-10-19)18(24)25-11-16-22-17(26-23-16)14-3-1-2-4-15(14)21/h1-8H,9-11H2. The van der Waals surface area contributed by atoms with E-state index in [-0.39, 0.29) is 12.6 Å². The molecule has 0 radical (unpaired) electrons. The maximum Gasteiger partial charge on any atom is 0.317 e. The molecular formula is C19H14Cl2N2O3. The van der Waals surface area contributed by atoms with Crippen LogP contribution in [0.5, 0.6) is 0 Å². The van der Waals surface area contributed by atoms with E-state index in [0.29, 0.717) is 27.3 Å². The summed E-state index contributed by atoms with van der Waals surface area (Å²) in [6.07, 6.45) is 1.51. The number of hydrogen-bond donors (Lipinski definition) is 0. The first-order valence-electron chi connectivity index (χ1n) is 8.09. The van der Waals surface area contributed by atoms with Crippen molar-refractivity contribution in [3.8, 4) is 11.5 Å². The molecule has 0 saturated heterocycles. The van der Waals surface area contributed by atoms with Gasteiger partial charge in [0.1, 0.15) is 0 Å². The summed E-state index contributed by atoms with van der Waals surface area (Å²) in [5, 5.41) is 5.00. The fraction of sp³-hybridized carbons (Fsp3) is 0.211. The van der Waals surface area contributed by atoms with Gasteiger partial charge in [0.05, 0.1) is 16.0 Å². The van der Waals surface area contributed by atoms with Gasteiger partial charge in [-0.2, -0.15) is 4.98 Å². The van der Waals surface area contributed by atoms with E-state index in [1.807, 2.05) is 24.3 Å². The second-order valence-electron chi connectivity index (χ2n) is 6.16. The van der Waals surface area contributed by atoms with Crippen LogP contribution in [0.3, 0.4) is 0 Å². The Morgan fingerprint density at radius 3 is 2.54 bits per heavy atom. The van der Waals surface area contributed by atoms with E-state index in [2.05, 4.69) is 10.1 Å². The molecule has 26 heavy (non-hydrogen) atoms. The van der Waals surface area contributed by atoms with Gasteiger partial charge in [-0.05, 0) is 42.7 Å². The molecule has 3 aromatic rings. The van der Waals surface area contributed by atoms with Crippen molar-refractivity contribution in [1.29, 1.82) is 0 Å². The fourth-order valence-corrected chi connectivity index (χ4v) is 3.17. The number of ether oxygens (including phenoxy) is 1. The first kappa shape index (κ1) is 17.1. The minimum Gasteiger partial charge on any atom is -0.457 e. The van der Waals surface area contributed by atoms with Crippen molar-refractivity contribution in [1.82, 2.24) is 10.1 Å². The van der Waals surface area contributed by atoms with Crippen molar-refractivity contribution in [3.63, 3.8) is 0 Å². The number of benzene rings is 2. The highest BCUT2D eigenvalue weighted by Crippen LogP contribution is 2.49. The Balaban J connectivity index is 1.44. The zero-order valence-electron chi connectivity index (χ0n) is 13.6. The van der Waals surface area contributed by atoms with Crippen LogP contribution in [-0.2, 0) is 21.6 Å². The lowest BCUT2D eigenvalue weighted by Crippen LogP contribution is -2.23. The van der Waals surface area contributed by atoms with Crippen LogP contribution in [0.2, 0.25) is 10.0 Å². The lowest BCUT2D eigenvalue weighted by Gasteiger charge is -2.14. The molecule has 0 amide bonds. The maximum atomic E-state index is 12.6. The highest BCUT2D eigenvalue weighted by Gasteiger charge is 2.52. The lowest BCUT2D eigenvalue weighted by molar-refractivity contribution is -0.148. The van der Waals surface area contributed by atoms with Crippen LogP contribution in [0.1, 0.15) is 24.2 Å². The molecule has 4 rings (SSSR count). The van der Waals surface area contributed by atoms with Crippen molar-refractivity contribution >= 4 is 29.2 Å². The summed E-state index contributed by atoms with van der Waals surface area (Å²) in [6, 6.07) is 14.4. The van der Waals surface area contributed by atoms with Crippen LogP contribution in [0, 0.1) is 0 Å². The van der Waals surface area contributed by atoms with E-state index in [1.165, 1.54) is 0 Å². The summed E-state index contributed by atoms with van der Waals surface area (Å²) >= 11 is 12.0. The van der Waals surface area contributed by atoms with Crippen LogP contribution < -0.4 is 0 Å². The Bertz CT molecular complexity index is 949. The lowest BCUT2D eigenvalue weighted by atomic mass is 9.96. The fourth-order valence-electron chi connectivity index (χ4n) is 2.83. The van der Waals surface area contributed by atoms with Gasteiger partial charge in [0.25, 0.3) is 5.89 Å². The summed E-state index contributed by atoms with van der Waals surface area (Å²) in [4.78, 5) is 16.8. The maximum absolute atomic E-state index is 12.6. The molecule has 1 heterocycles. The first-order chi connectivity index (χ1) is 12.6. The van der Waals surface area contributed by atoms with E-state index in [4.69, 9.17) is 32.5 Å². The number of halogens is 2. The summed E-state index contributed by atoms with van der Waals surface area (Å²) in [7, 11) is 0. The highest BCUT2D eigenvalue weighted by atomic mass is 35.5. The average molecular weight is 389 g/mol. The van der Waals surface area contributed by atoms with Gasteiger partial charge in [-0.25, -0.2) is 0 Å². The zero-order chi connectivity index (χ0) is 18.1. The van der Waals surface area contributed by atoms with Gasteiger partial charge in [-0.3, -0.25) is 4.79 Å². The van der Waals surface area contributed by atoms with E-state index in [0.717, 1.165) is 18.4 Å². The van der Waals surface area contributed by atoms with E-state index >= 15 is 0 Å². The molecule has 0 unspecified atom stereocenters. The largest absolute Gasteiger partial charge is 0.457 e. The van der Waals surface area contributed by atoms with Crippen LogP contribution in [-0.4, -0.2) is 16.1 Å². The Morgan fingerprint density at radius 2 is 1.85 bits per heavy atom. The van der Waals surface area contributed by atoms with Gasteiger partial charge in [-0.15, -0.1) is 0 Å². The Morgan fingerprint density at radius 1 is 1.12 bits per heavy atom. The van der Waals surface area contributed by atoms with Crippen LogP contribution in [0.25, 0.3) is 11.5 Å². The van der Waals surface area contributed by atoms with Crippen LogP contribution in [0.15, 0.2) is 53.1 Å². The molecule has 0 spiro atoms. The number of carbonyl (C=O) groups is 1. The van der Waals surface area contributed by atoms with Crippen molar-refractivity contribution in [2.75, 3.05) is 0 Å². The third-order valence-electron chi connectivity index (χ3n) is 4.44. The van der Waals surface area contributed by atoms with E-state index in [1.54, 1.807) is 24.3 Å². The normalized spacial score (nSPS) is 14.8. The molecule has 2 aromatic carbocycles. The van der Waals surface area contributed by atoms with Gasteiger partial charge in [0, 0.05) is 5.02 Å². The molecule has 1 aliphatic rings. The van der Waals surface area contributed by atoms with Gasteiger partial charge in [0.2, 0.25) is 5.82 Å². The van der Waals surface area contributed by atoms with Crippen molar-refractivity contribution in [2.24, 2.45) is 0 Å². The zero-order valence-corrected chi connectivity index (χ0v) is 15.1. The molecule has 0 aliphatic heterocycles. The van der Waals surface area contributed by atoms with E-state index < -0.39 is 5.41 Å². The molecule has 5 nitrogen and oxygen atoms in total. The van der Waals surface area contributed by atoms with E-state index in [9.17, 15) is 4.79 Å². The van der Waals surface area contributed by atoms with Crippen molar-refractivity contribution in [2.45, 2.75) is 24.9 Å². The van der Waals surface area contributed by atoms with Gasteiger partial charge < -0.3 is 9.26 Å². The monoisotopic (exact) mass is 388 g/mol. The highest BCUT2D eigenvalue weighted by molar-refractivity contribution is 6.33. The number of hydrogen-bond acceptors (Lipinski definition) is 5. The molecule has 1 aromatic heterocycles. The molecule has 0 N–H and O–H groups in total. The molecule has 132 valence electrons. The predicted octanol–water partition coefficient (Wildman–Crippen LogP) is 4.82. The van der Waals surface area contributed by atoms with Crippen LogP contribution >= 0.6 is 23.2 Å². The Labute approximate surface area is 159 Å². The Hall–Kier alpha value is -2.37. The summed E-state index contributed by atoms with van der Waals surface area (Å²) in [5.74, 6) is 0.296. The quantitative estimate of drug-likeness (QED) is 0.586. The molecule has 1 saturated carbocycles. The Kier molecular flexibility index (Phi) is 4.42. The number of nitrogens with zero attached hydrogens (tertiary/aromatic N) is 2. The minimum absolute atomic E-state index is 0.0534. The molecule has 0 atom stereocenters. The average Bonchev–Trinajstić information content (AvgIpc) is 3.33. The predicted molar refractivity (Wildman–Crippen MR) is 96.9 cm³/mol. The molecule has 7 heteroatoms. The van der Waals surface area contributed by atoms with Gasteiger partial charge in [-0.1, -0.05) is 52.6 Å². The number of carbonyl (C=O) groups excluding carboxylic acids is 1. The van der Waals surface area contributed by atoms with Crippen molar-refractivity contribution in [3.05, 3.63) is 70.0 Å². The number of aromatic nitrogens is 2. The summed E-state index contributed by atoms with van der Waals surface area (Å²) in [6.45, 7) is -0.0534. The molecular weight excluding hydrogens is 375 g/mol. The van der Waals surface area contributed by atoms with Gasteiger partial charge >= 0.3 is 5.97 Å². The third-order valence-corrected chi connectivity index (χ3v) is 5.02. The number of esters is 1. The third kappa shape index (κ3) is 3.20. The second-order valence-corrected chi connectivity index (χ2v) is 7.00. The smallest absolute Gasteiger partial charge is 0.317 e. The van der Waals surface area contributed by atoms with Crippen LogP contribution in [0.4, 0.5) is 0 Å². The summed E-state index contributed by atoms with van der Waals surface area (Å²) in [5.41, 5.74) is 0.968. The van der Waals surface area contributed by atoms with Gasteiger partial charge in [0.15, 0.2) is 6.61 Å². The molecule has 1 fully saturated rings. The van der Waals surface area contributed by atoms with Crippen molar-refractivity contribution < 1.29 is 14.1 Å².